The van der Waals surface area contributed by atoms with Gasteiger partial charge in [0.25, 0.3) is 0 Å². The van der Waals surface area contributed by atoms with E-state index in [0.717, 1.165) is 5.56 Å². The van der Waals surface area contributed by atoms with E-state index in [2.05, 4.69) is 5.32 Å². The first kappa shape index (κ1) is 13.7. The molecule has 0 atom stereocenters. The monoisotopic (exact) mass is 295 g/mol. The van der Waals surface area contributed by atoms with Crippen LogP contribution in [0.25, 0.3) is 0 Å². The highest BCUT2D eigenvalue weighted by atomic mass is 35.5. The Morgan fingerprint density at radius 3 is 2.58 bits per heavy atom. The molecule has 0 fully saturated rings. The molecule has 3 nitrogen and oxygen atoms in total. The van der Waals surface area contributed by atoms with Crippen LogP contribution in [0.2, 0.25) is 10.0 Å². The van der Waals surface area contributed by atoms with E-state index in [-0.39, 0.29) is 5.56 Å². The molecule has 2 rings (SSSR count). The van der Waals surface area contributed by atoms with Crippen LogP contribution in [0.1, 0.15) is 15.9 Å². The lowest BCUT2D eigenvalue weighted by molar-refractivity contribution is 0.0698. The van der Waals surface area contributed by atoms with Crippen LogP contribution in [0.4, 0.5) is 5.69 Å². The van der Waals surface area contributed by atoms with Crippen LogP contribution in [-0.2, 0) is 6.54 Å². The van der Waals surface area contributed by atoms with Crippen molar-refractivity contribution in [3.63, 3.8) is 0 Å². The lowest BCUT2D eigenvalue weighted by Gasteiger charge is -2.10. The maximum Gasteiger partial charge on any atom is 0.337 e. The van der Waals surface area contributed by atoms with Gasteiger partial charge in [-0.25, -0.2) is 4.79 Å². The van der Waals surface area contributed by atoms with E-state index in [9.17, 15) is 4.79 Å². The summed E-state index contributed by atoms with van der Waals surface area (Å²) in [6, 6.07) is 11.9. The molecule has 0 radical (unpaired) electrons. The zero-order valence-corrected chi connectivity index (χ0v) is 11.4. The van der Waals surface area contributed by atoms with Crippen molar-refractivity contribution in [2.24, 2.45) is 0 Å². The molecule has 19 heavy (non-hydrogen) atoms. The SMILES string of the molecule is O=C(O)c1ccccc1NCc1ccc(Cl)cc1Cl. The van der Waals surface area contributed by atoms with Gasteiger partial charge in [-0.15, -0.1) is 0 Å². The van der Waals surface area contributed by atoms with Crippen LogP contribution >= 0.6 is 23.2 Å². The van der Waals surface area contributed by atoms with Gasteiger partial charge in [0.2, 0.25) is 0 Å². The minimum Gasteiger partial charge on any atom is -0.478 e. The zero-order chi connectivity index (χ0) is 13.8. The minimum absolute atomic E-state index is 0.229. The van der Waals surface area contributed by atoms with Crippen LogP contribution in [0.5, 0.6) is 0 Å². The molecule has 5 heteroatoms. The summed E-state index contributed by atoms with van der Waals surface area (Å²) in [5, 5.41) is 13.3. The molecule has 0 unspecified atom stereocenters. The largest absolute Gasteiger partial charge is 0.478 e. The normalized spacial score (nSPS) is 10.2. The van der Waals surface area contributed by atoms with Crippen LogP contribution in [0.15, 0.2) is 42.5 Å². The number of hydrogen-bond acceptors (Lipinski definition) is 2. The van der Waals surface area contributed by atoms with Crippen LogP contribution < -0.4 is 5.32 Å². The van der Waals surface area contributed by atoms with E-state index in [4.69, 9.17) is 28.3 Å². The Morgan fingerprint density at radius 1 is 1.16 bits per heavy atom. The first-order valence-corrected chi connectivity index (χ1v) is 6.33. The van der Waals surface area contributed by atoms with Gasteiger partial charge in [-0.3, -0.25) is 0 Å². The number of carboxylic acid groups (broad SMARTS) is 1. The van der Waals surface area contributed by atoms with Crippen molar-refractivity contribution in [1.82, 2.24) is 0 Å². The van der Waals surface area contributed by atoms with Crippen molar-refractivity contribution in [2.45, 2.75) is 6.54 Å². The molecule has 2 aromatic carbocycles. The molecule has 0 saturated carbocycles. The van der Waals surface area contributed by atoms with Crippen LogP contribution in [0.3, 0.4) is 0 Å². The number of aromatic carboxylic acids is 1. The topological polar surface area (TPSA) is 49.3 Å². The van der Waals surface area contributed by atoms with Gasteiger partial charge in [-0.05, 0) is 29.8 Å². The van der Waals surface area contributed by atoms with E-state index in [0.29, 0.717) is 22.3 Å². The molecule has 0 aliphatic rings. The summed E-state index contributed by atoms with van der Waals surface area (Å²) in [5.74, 6) is -0.967. The third kappa shape index (κ3) is 3.40. The Bertz CT molecular complexity index is 614. The van der Waals surface area contributed by atoms with Gasteiger partial charge in [-0.1, -0.05) is 41.4 Å². The van der Waals surface area contributed by atoms with E-state index < -0.39 is 5.97 Å². The summed E-state index contributed by atoms with van der Waals surface area (Å²) >= 11 is 11.9. The third-order valence-electron chi connectivity index (χ3n) is 2.64. The Balaban J connectivity index is 2.17. The maximum absolute atomic E-state index is 11.1. The average Bonchev–Trinajstić information content (AvgIpc) is 2.38. The molecule has 0 bridgehead atoms. The Morgan fingerprint density at radius 2 is 1.89 bits per heavy atom. The highest BCUT2D eigenvalue weighted by Crippen LogP contribution is 2.23. The molecule has 0 amide bonds. The number of para-hydroxylation sites is 1. The predicted molar refractivity (Wildman–Crippen MR) is 77.2 cm³/mol. The number of nitrogens with one attached hydrogen (secondary N) is 1. The molecule has 0 saturated heterocycles. The van der Waals surface area contributed by atoms with Crippen molar-refractivity contribution < 1.29 is 9.90 Å². The molecule has 2 aromatic rings. The number of anilines is 1. The van der Waals surface area contributed by atoms with Crippen LogP contribution in [-0.4, -0.2) is 11.1 Å². The molecule has 0 heterocycles. The Hall–Kier alpha value is -1.71. The summed E-state index contributed by atoms with van der Waals surface area (Å²) in [5.41, 5.74) is 1.64. The van der Waals surface area contributed by atoms with Gasteiger partial charge < -0.3 is 10.4 Å². The second-order valence-electron chi connectivity index (χ2n) is 3.94. The highest BCUT2D eigenvalue weighted by molar-refractivity contribution is 6.35. The van der Waals surface area contributed by atoms with Crippen molar-refractivity contribution in [1.29, 1.82) is 0 Å². The van der Waals surface area contributed by atoms with Crippen molar-refractivity contribution in [3.05, 3.63) is 63.6 Å². The molecular weight excluding hydrogens is 285 g/mol. The van der Waals surface area contributed by atoms with Gasteiger partial charge >= 0.3 is 5.97 Å². The average molecular weight is 296 g/mol. The molecule has 0 spiro atoms. The number of rotatable bonds is 4. The lowest BCUT2D eigenvalue weighted by atomic mass is 10.1. The fourth-order valence-electron chi connectivity index (χ4n) is 1.68. The highest BCUT2D eigenvalue weighted by Gasteiger charge is 2.09. The first-order valence-electron chi connectivity index (χ1n) is 5.58. The Labute approximate surface area is 120 Å². The van der Waals surface area contributed by atoms with Gasteiger partial charge in [0.15, 0.2) is 0 Å². The first-order chi connectivity index (χ1) is 9.08. The molecule has 0 aromatic heterocycles. The van der Waals surface area contributed by atoms with Gasteiger partial charge in [0.05, 0.1) is 5.56 Å². The van der Waals surface area contributed by atoms with Gasteiger partial charge in [0, 0.05) is 22.3 Å². The fraction of sp³-hybridized carbons (Fsp3) is 0.0714. The molecule has 98 valence electrons. The number of hydrogen-bond donors (Lipinski definition) is 2. The zero-order valence-electron chi connectivity index (χ0n) is 9.86. The van der Waals surface area contributed by atoms with Crippen molar-refractivity contribution >= 4 is 34.9 Å². The molecule has 2 N–H and O–H groups in total. The maximum atomic E-state index is 11.1. The minimum atomic E-state index is -0.967. The summed E-state index contributed by atoms with van der Waals surface area (Å²) in [6.07, 6.45) is 0. The van der Waals surface area contributed by atoms with E-state index in [1.54, 1.807) is 42.5 Å². The Kier molecular flexibility index (Phi) is 4.30. The fourth-order valence-corrected chi connectivity index (χ4v) is 2.15. The number of halogens is 2. The number of benzene rings is 2. The standard InChI is InChI=1S/C14H11Cl2NO2/c15-10-6-5-9(12(16)7-10)8-17-13-4-2-1-3-11(13)14(18)19/h1-7,17H,8H2,(H,18,19). The number of carboxylic acids is 1. The van der Waals surface area contributed by atoms with Crippen molar-refractivity contribution in [2.75, 3.05) is 5.32 Å². The predicted octanol–water partition coefficient (Wildman–Crippen LogP) is 4.30. The number of carbonyl (C=O) groups is 1. The smallest absolute Gasteiger partial charge is 0.337 e. The van der Waals surface area contributed by atoms with Gasteiger partial charge in [-0.2, -0.15) is 0 Å². The second kappa shape index (κ2) is 5.95. The third-order valence-corrected chi connectivity index (χ3v) is 3.23. The summed E-state index contributed by atoms with van der Waals surface area (Å²) in [4.78, 5) is 11.1. The van der Waals surface area contributed by atoms with Gasteiger partial charge in [0.1, 0.15) is 0 Å². The summed E-state index contributed by atoms with van der Waals surface area (Å²) < 4.78 is 0. The van der Waals surface area contributed by atoms with E-state index in [1.165, 1.54) is 0 Å². The van der Waals surface area contributed by atoms with E-state index in [1.807, 2.05) is 0 Å². The molecular formula is C14H11Cl2NO2. The second-order valence-corrected chi connectivity index (χ2v) is 4.78. The van der Waals surface area contributed by atoms with E-state index >= 15 is 0 Å². The summed E-state index contributed by atoms with van der Waals surface area (Å²) in [7, 11) is 0. The lowest BCUT2D eigenvalue weighted by Crippen LogP contribution is -2.06. The molecule has 0 aliphatic heterocycles. The van der Waals surface area contributed by atoms with Crippen molar-refractivity contribution in [3.8, 4) is 0 Å². The molecule has 0 aliphatic carbocycles. The van der Waals surface area contributed by atoms with Crippen LogP contribution in [0, 0.1) is 0 Å². The quantitative estimate of drug-likeness (QED) is 0.884. The summed E-state index contributed by atoms with van der Waals surface area (Å²) in [6.45, 7) is 0.431.